The van der Waals surface area contributed by atoms with E-state index in [0.29, 0.717) is 14.7 Å². The Kier molecular flexibility index (Phi) is 9.91. The molecule has 0 radical (unpaired) electrons. The molecule has 4 aromatic rings. The zero-order chi connectivity index (χ0) is 30.5. The Morgan fingerprint density at radius 1 is 0.667 bits per heavy atom. The Hall–Kier alpha value is -3.07. The first-order valence-electron chi connectivity index (χ1n) is 14.4. The molecule has 0 saturated carbocycles. The first-order valence-corrected chi connectivity index (χ1v) is 16.5. The molecule has 1 N–H and O–H groups in total. The average Bonchev–Trinajstić information content (AvgIpc) is 2.97. The summed E-state index contributed by atoms with van der Waals surface area (Å²) in [6.45, 7) is 15.3. The summed E-state index contributed by atoms with van der Waals surface area (Å²) >= 11 is -0.746. The Morgan fingerprint density at radius 3 is 1.64 bits per heavy atom. The molecular formula is C36H42IN2O3-. The van der Waals surface area contributed by atoms with Gasteiger partial charge in [0.2, 0.25) is 0 Å². The first-order chi connectivity index (χ1) is 19.8. The molecule has 42 heavy (non-hydrogen) atoms. The molecule has 4 rings (SSSR count). The molecule has 222 valence electrons. The van der Waals surface area contributed by atoms with Gasteiger partial charge >= 0.3 is 235 Å². The van der Waals surface area contributed by atoms with Crippen LogP contribution in [0.25, 0.3) is 11.1 Å². The fourth-order valence-corrected chi connectivity index (χ4v) is 6.93. The summed E-state index contributed by atoms with van der Waals surface area (Å²) in [6, 6.07) is 32.2. The molecule has 5 nitrogen and oxygen atoms in total. The van der Waals surface area contributed by atoms with E-state index in [1.807, 2.05) is 12.1 Å². The summed E-state index contributed by atoms with van der Waals surface area (Å²) in [6.07, 6.45) is 1.73. The molecule has 0 fully saturated rings. The van der Waals surface area contributed by atoms with Crippen molar-refractivity contribution in [3.05, 3.63) is 122 Å². The standard InChI is InChI=1S/C36H42IN2O3/c1-34(2,3)28-12-8-26(9-13-28)27-10-16-30(17-11-27)37-39(41)36(6,7)25-24-35(4,5)29-14-20-32(21-15-29)42-33-22-18-31(38-40)19-23-33/h8-23,39H,24-25H2,1-7H3/q-1. The van der Waals surface area contributed by atoms with Gasteiger partial charge in [-0.15, -0.1) is 4.91 Å². The molecular weight excluding hydrogens is 635 g/mol. The number of rotatable bonds is 11. The van der Waals surface area contributed by atoms with Gasteiger partial charge in [0, 0.05) is 0 Å². The van der Waals surface area contributed by atoms with Crippen LogP contribution in [0.5, 0.6) is 11.5 Å². The van der Waals surface area contributed by atoms with Gasteiger partial charge in [-0.1, -0.05) is 0 Å². The van der Waals surface area contributed by atoms with Crippen molar-refractivity contribution in [1.82, 2.24) is 0 Å². The van der Waals surface area contributed by atoms with Crippen molar-refractivity contribution >= 4 is 5.69 Å². The third-order valence-corrected chi connectivity index (χ3v) is 11.1. The summed E-state index contributed by atoms with van der Waals surface area (Å²) in [4.78, 5) is 10.6. The van der Waals surface area contributed by atoms with Crippen LogP contribution in [0.15, 0.2) is 102 Å². The molecule has 6 heteroatoms. The van der Waals surface area contributed by atoms with Crippen LogP contribution in [0.3, 0.4) is 0 Å². The molecule has 4 aromatic carbocycles. The Balaban J connectivity index is 1.32. The second-order valence-electron chi connectivity index (χ2n) is 13.2. The molecule has 0 aliphatic carbocycles. The van der Waals surface area contributed by atoms with Crippen LogP contribution in [0.4, 0.5) is 5.69 Å². The van der Waals surface area contributed by atoms with Gasteiger partial charge in [-0.3, -0.25) is 0 Å². The van der Waals surface area contributed by atoms with Gasteiger partial charge in [0.25, 0.3) is 0 Å². The number of hydroxylamine groups is 1. The Bertz CT molecular complexity index is 1460. The number of hydrogen-bond acceptors (Lipinski definition) is 4. The number of nitrogens with zero attached hydrogens (tertiary/aromatic N) is 1. The molecule has 1 atom stereocenters. The summed E-state index contributed by atoms with van der Waals surface area (Å²) in [7, 11) is 0. The van der Waals surface area contributed by atoms with Crippen molar-refractivity contribution in [2.24, 2.45) is 5.18 Å². The predicted octanol–water partition coefficient (Wildman–Crippen LogP) is 5.93. The third-order valence-electron chi connectivity index (χ3n) is 7.84. The van der Waals surface area contributed by atoms with Crippen molar-refractivity contribution in [2.75, 3.05) is 0 Å². The molecule has 1 unspecified atom stereocenters. The van der Waals surface area contributed by atoms with Crippen molar-refractivity contribution in [3.8, 4) is 22.6 Å². The van der Waals surface area contributed by atoms with E-state index in [2.05, 4.69) is 114 Å². The monoisotopic (exact) mass is 677 g/mol. The molecule has 0 aromatic heterocycles. The van der Waals surface area contributed by atoms with E-state index in [1.54, 1.807) is 24.3 Å². The number of benzene rings is 4. The van der Waals surface area contributed by atoms with Gasteiger partial charge in [-0.25, -0.2) is 0 Å². The first kappa shape index (κ1) is 31.9. The molecule has 0 heterocycles. The summed E-state index contributed by atoms with van der Waals surface area (Å²) in [5.74, 6) is 1.39. The number of hydrogen-bond donors (Lipinski definition) is 1. The fourth-order valence-electron chi connectivity index (χ4n) is 4.65. The minimum absolute atomic E-state index is 0.0874. The number of halogens is 1. The zero-order valence-electron chi connectivity index (χ0n) is 25.7. The topological polar surface area (TPSA) is 66.2 Å². The van der Waals surface area contributed by atoms with Gasteiger partial charge < -0.3 is 0 Å². The molecule has 0 amide bonds. The van der Waals surface area contributed by atoms with E-state index in [9.17, 15) is 10.1 Å². The Labute approximate surface area is 261 Å². The van der Waals surface area contributed by atoms with Gasteiger partial charge in [-0.05, 0) is 17.3 Å². The van der Waals surface area contributed by atoms with Crippen molar-refractivity contribution < 1.29 is 29.5 Å². The van der Waals surface area contributed by atoms with Crippen LogP contribution in [-0.2, 0) is 10.8 Å². The maximum absolute atomic E-state index is 13.4. The van der Waals surface area contributed by atoms with Crippen molar-refractivity contribution in [2.45, 2.75) is 77.7 Å². The summed E-state index contributed by atoms with van der Waals surface area (Å²) in [5.41, 5.74) is 4.97. The minimum atomic E-state index is -0.746. The van der Waals surface area contributed by atoms with Crippen LogP contribution in [0, 0.1) is 13.7 Å². The number of nitrogens with one attached hydrogen (secondary N) is 1. The van der Waals surface area contributed by atoms with Crippen LogP contribution in [-0.4, -0.2) is 5.54 Å². The van der Waals surface area contributed by atoms with Crippen LogP contribution in [0.2, 0.25) is 0 Å². The third kappa shape index (κ3) is 8.27. The number of nitroso groups, excluding NO2 is 1. The average molecular weight is 678 g/mol. The van der Waals surface area contributed by atoms with Crippen molar-refractivity contribution in [3.63, 3.8) is 0 Å². The SMILES string of the molecule is CC(C)(C)c1ccc(-c2ccc([I-][NH+]([O-])C(C)(C)CCC(C)(C)c3ccc(Oc4ccc(N=O)cc4)cc3)cc2)cc1. The van der Waals surface area contributed by atoms with E-state index >= 15 is 0 Å². The maximum atomic E-state index is 13.4. The normalized spacial score (nSPS) is 13.1. The van der Waals surface area contributed by atoms with Gasteiger partial charge in [-0.2, -0.15) is 0 Å². The van der Waals surface area contributed by atoms with Crippen molar-refractivity contribution in [1.29, 1.82) is 0 Å². The zero-order valence-corrected chi connectivity index (χ0v) is 27.9. The summed E-state index contributed by atoms with van der Waals surface area (Å²) < 4.78 is 7.45. The van der Waals surface area contributed by atoms with E-state index in [4.69, 9.17) is 4.74 Å². The van der Waals surface area contributed by atoms with Gasteiger partial charge in [0.1, 0.15) is 5.69 Å². The molecule has 0 saturated heterocycles. The van der Waals surface area contributed by atoms with E-state index in [-0.39, 0.29) is 16.4 Å². The second kappa shape index (κ2) is 13.1. The Morgan fingerprint density at radius 2 is 1.14 bits per heavy atom. The quantitative estimate of drug-likeness (QED) is 0.0927. The van der Waals surface area contributed by atoms with E-state index in [0.717, 1.165) is 22.2 Å². The van der Waals surface area contributed by atoms with Gasteiger partial charge in [0.05, 0.1) is 0 Å². The van der Waals surface area contributed by atoms with E-state index in [1.165, 1.54) is 22.3 Å². The number of ether oxygens (including phenoxy) is 1. The molecule has 0 aliphatic heterocycles. The van der Waals surface area contributed by atoms with Crippen LogP contribution >= 0.6 is 0 Å². The number of quaternary nitrogens is 1. The van der Waals surface area contributed by atoms with Crippen LogP contribution in [0.1, 0.15) is 72.4 Å². The van der Waals surface area contributed by atoms with Crippen LogP contribution < -0.4 is 29.5 Å². The molecule has 0 aliphatic rings. The fraction of sp³-hybridized carbons (Fsp3) is 0.333. The summed E-state index contributed by atoms with van der Waals surface area (Å²) in [5, 5.41) is 16.4. The second-order valence-corrected chi connectivity index (χ2v) is 15.9. The molecule has 0 bridgehead atoms. The van der Waals surface area contributed by atoms with Gasteiger partial charge in [0.15, 0.2) is 0 Å². The molecule has 0 spiro atoms. The predicted molar refractivity (Wildman–Crippen MR) is 168 cm³/mol. The van der Waals surface area contributed by atoms with E-state index < -0.39 is 21.5 Å².